The molecule has 0 spiro atoms. The van der Waals surface area contributed by atoms with Crippen LogP contribution in [0.15, 0.2) is 77.7 Å². The Morgan fingerprint density at radius 2 is 1.93 bits per heavy atom. The smallest absolute Gasteiger partial charge is 0.152 e. The van der Waals surface area contributed by atoms with Gasteiger partial charge in [-0.2, -0.15) is 0 Å². The van der Waals surface area contributed by atoms with Crippen LogP contribution in [0.2, 0.25) is 0 Å². The molecule has 0 fully saturated rings. The standard InChI is InChI=1S/C34H37BrFN3O6S/c1-3-16-46(40,41)17-15-43-13-5-11-34(12-6-14-45-34)28-20-27-30(21-32(28)42-2)37-23-38-33(27)39-26-9-10-31(29(35)19-26)44-22-24-7-4-8-25(36)18-24/h4,6-10,14,18-21,23H,3,5,11-13,15-17,22H2,1-2H3,(H,37,38,39). The Morgan fingerprint density at radius 3 is 2.67 bits per heavy atom. The fourth-order valence-corrected chi connectivity index (χ4v) is 7.11. The topological polar surface area (TPSA) is 109 Å². The first-order valence-electron chi connectivity index (χ1n) is 15.1. The lowest BCUT2D eigenvalue weighted by molar-refractivity contribution is 0.0191. The number of methoxy groups -OCH3 is 1. The second-order valence-electron chi connectivity index (χ2n) is 11.0. The van der Waals surface area contributed by atoms with Crippen LogP contribution in [0, 0.1) is 5.82 Å². The normalized spacial score (nSPS) is 16.0. The Hall–Kier alpha value is -3.74. The lowest BCUT2D eigenvalue weighted by Gasteiger charge is -2.31. The maximum Gasteiger partial charge on any atom is 0.152 e. The highest BCUT2D eigenvalue weighted by atomic mass is 79.9. The lowest BCUT2D eigenvalue weighted by Crippen LogP contribution is -2.26. The minimum atomic E-state index is -3.08. The molecule has 0 aliphatic carbocycles. The van der Waals surface area contributed by atoms with Gasteiger partial charge in [-0.1, -0.05) is 19.1 Å². The van der Waals surface area contributed by atoms with Gasteiger partial charge in [0, 0.05) is 41.5 Å². The summed E-state index contributed by atoms with van der Waals surface area (Å²) in [5.41, 5.74) is 2.38. The Balaban J connectivity index is 1.32. The number of benzene rings is 3. The molecule has 3 aromatic carbocycles. The van der Waals surface area contributed by atoms with Crippen molar-refractivity contribution >= 4 is 48.2 Å². The second kappa shape index (κ2) is 15.2. The quantitative estimate of drug-likeness (QED) is 0.117. The molecule has 1 atom stereocenters. The predicted molar refractivity (Wildman–Crippen MR) is 180 cm³/mol. The van der Waals surface area contributed by atoms with E-state index in [2.05, 4.69) is 31.2 Å². The van der Waals surface area contributed by atoms with Gasteiger partial charge in [0.05, 0.1) is 35.7 Å². The predicted octanol–water partition coefficient (Wildman–Crippen LogP) is 7.61. The highest BCUT2D eigenvalue weighted by Gasteiger charge is 2.38. The molecule has 1 aliphatic rings. The number of rotatable bonds is 16. The summed E-state index contributed by atoms with van der Waals surface area (Å²) in [7, 11) is -1.46. The zero-order valence-electron chi connectivity index (χ0n) is 25.8. The number of sulfone groups is 1. The van der Waals surface area contributed by atoms with Gasteiger partial charge < -0.3 is 24.3 Å². The molecule has 9 nitrogen and oxygen atoms in total. The van der Waals surface area contributed by atoms with E-state index in [0.29, 0.717) is 55.1 Å². The molecule has 2 heterocycles. The van der Waals surface area contributed by atoms with Crippen LogP contribution in [-0.4, -0.2) is 50.2 Å². The zero-order chi connectivity index (χ0) is 32.6. The van der Waals surface area contributed by atoms with Crippen LogP contribution < -0.4 is 14.8 Å². The number of nitrogens with one attached hydrogen (secondary N) is 1. The first kappa shape index (κ1) is 33.6. The first-order valence-corrected chi connectivity index (χ1v) is 17.7. The number of fused-ring (bicyclic) bond motifs is 1. The summed E-state index contributed by atoms with van der Waals surface area (Å²) in [6.45, 7) is 2.67. The summed E-state index contributed by atoms with van der Waals surface area (Å²) >= 11 is 3.58. The molecule has 0 saturated carbocycles. The minimum Gasteiger partial charge on any atom is -0.496 e. The van der Waals surface area contributed by atoms with Crippen molar-refractivity contribution in [2.24, 2.45) is 0 Å². The van der Waals surface area contributed by atoms with Crippen molar-refractivity contribution in [3.8, 4) is 11.5 Å². The van der Waals surface area contributed by atoms with Crippen LogP contribution in [0.4, 0.5) is 15.9 Å². The minimum absolute atomic E-state index is 0.0273. The van der Waals surface area contributed by atoms with Gasteiger partial charge in [-0.25, -0.2) is 22.8 Å². The van der Waals surface area contributed by atoms with Crippen molar-refractivity contribution in [1.82, 2.24) is 9.97 Å². The van der Waals surface area contributed by atoms with Gasteiger partial charge in [0.15, 0.2) is 9.84 Å². The van der Waals surface area contributed by atoms with E-state index in [9.17, 15) is 12.8 Å². The molecule has 1 unspecified atom stereocenters. The number of ether oxygens (including phenoxy) is 4. The molecular formula is C34H37BrFN3O6S. The van der Waals surface area contributed by atoms with Crippen molar-refractivity contribution in [3.63, 3.8) is 0 Å². The van der Waals surface area contributed by atoms with Crippen LogP contribution in [0.1, 0.15) is 43.7 Å². The van der Waals surface area contributed by atoms with E-state index in [1.165, 1.54) is 18.5 Å². The van der Waals surface area contributed by atoms with Gasteiger partial charge in [-0.05, 0) is 83.2 Å². The Morgan fingerprint density at radius 1 is 1.07 bits per heavy atom. The average molecular weight is 715 g/mol. The summed E-state index contributed by atoms with van der Waals surface area (Å²) in [5, 5.41) is 4.18. The third-order valence-electron chi connectivity index (χ3n) is 7.69. The first-order chi connectivity index (χ1) is 22.2. The molecule has 1 aromatic heterocycles. The number of aromatic nitrogens is 2. The number of hydrogen-bond donors (Lipinski definition) is 1. The van der Waals surface area contributed by atoms with Crippen LogP contribution in [-0.2, 0) is 31.5 Å². The SMILES string of the molecule is CCCS(=O)(=O)CCOCCCC1(c2cc3c(Nc4ccc(OCc5cccc(F)c5)c(Br)c4)ncnc3cc2OC)CC=CO1. The van der Waals surface area contributed by atoms with Crippen molar-refractivity contribution in [2.45, 2.75) is 44.8 Å². The molecule has 5 rings (SSSR count). The van der Waals surface area contributed by atoms with Crippen LogP contribution >= 0.6 is 15.9 Å². The van der Waals surface area contributed by atoms with Crippen molar-refractivity contribution < 1.29 is 31.8 Å². The highest BCUT2D eigenvalue weighted by molar-refractivity contribution is 9.10. The number of anilines is 2. The van der Waals surface area contributed by atoms with Gasteiger partial charge in [-0.3, -0.25) is 0 Å². The summed E-state index contributed by atoms with van der Waals surface area (Å²) in [6, 6.07) is 15.8. The molecular weight excluding hydrogens is 677 g/mol. The van der Waals surface area contributed by atoms with Gasteiger partial charge in [0.1, 0.15) is 41.7 Å². The Labute approximate surface area is 277 Å². The molecule has 0 radical (unpaired) electrons. The average Bonchev–Trinajstić information content (AvgIpc) is 3.52. The third-order valence-corrected chi connectivity index (χ3v) is 10.1. The fourth-order valence-electron chi connectivity index (χ4n) is 5.42. The van der Waals surface area contributed by atoms with E-state index < -0.39 is 15.4 Å². The van der Waals surface area contributed by atoms with Crippen molar-refractivity contribution in [1.29, 1.82) is 0 Å². The molecule has 244 valence electrons. The van der Waals surface area contributed by atoms with Crippen molar-refractivity contribution in [3.05, 3.63) is 94.7 Å². The maximum absolute atomic E-state index is 13.5. The maximum atomic E-state index is 13.5. The second-order valence-corrected chi connectivity index (χ2v) is 14.2. The molecule has 0 bridgehead atoms. The van der Waals surface area contributed by atoms with E-state index in [1.54, 1.807) is 19.4 Å². The molecule has 1 aliphatic heterocycles. The van der Waals surface area contributed by atoms with Gasteiger partial charge in [0.25, 0.3) is 0 Å². The largest absolute Gasteiger partial charge is 0.496 e. The van der Waals surface area contributed by atoms with Crippen LogP contribution in [0.3, 0.4) is 0 Å². The molecule has 4 aromatic rings. The third kappa shape index (κ3) is 8.34. The summed E-state index contributed by atoms with van der Waals surface area (Å²) in [5.74, 6) is 1.77. The molecule has 1 N–H and O–H groups in total. The Bertz CT molecular complexity index is 1800. The Kier molecular flexibility index (Phi) is 11.1. The van der Waals surface area contributed by atoms with Gasteiger partial charge >= 0.3 is 0 Å². The van der Waals surface area contributed by atoms with Crippen molar-refractivity contribution in [2.75, 3.05) is 37.1 Å². The number of hydrogen-bond acceptors (Lipinski definition) is 9. The van der Waals surface area contributed by atoms with E-state index in [-0.39, 0.29) is 30.5 Å². The molecule has 0 amide bonds. The lowest BCUT2D eigenvalue weighted by atomic mass is 9.85. The zero-order valence-corrected chi connectivity index (χ0v) is 28.2. The van der Waals surface area contributed by atoms with Crippen LogP contribution in [0.5, 0.6) is 11.5 Å². The molecule has 0 saturated heterocycles. The van der Waals surface area contributed by atoms with E-state index >= 15 is 0 Å². The fraction of sp³-hybridized carbons (Fsp3) is 0.353. The molecule has 12 heteroatoms. The van der Waals surface area contributed by atoms with Gasteiger partial charge in [-0.15, -0.1) is 0 Å². The number of nitrogens with zero attached hydrogens (tertiary/aromatic N) is 2. The summed E-state index contributed by atoms with van der Waals surface area (Å²) in [4.78, 5) is 9.03. The number of halogens is 2. The molecule has 46 heavy (non-hydrogen) atoms. The van der Waals surface area contributed by atoms with E-state index in [4.69, 9.17) is 18.9 Å². The monoisotopic (exact) mass is 713 g/mol. The highest BCUT2D eigenvalue weighted by Crippen LogP contribution is 2.45. The summed E-state index contributed by atoms with van der Waals surface area (Å²) < 4.78 is 61.9. The van der Waals surface area contributed by atoms with Crippen LogP contribution in [0.25, 0.3) is 10.9 Å². The van der Waals surface area contributed by atoms with E-state index in [0.717, 1.165) is 26.7 Å². The van der Waals surface area contributed by atoms with Gasteiger partial charge in [0.2, 0.25) is 0 Å². The summed E-state index contributed by atoms with van der Waals surface area (Å²) in [6.07, 6.45) is 7.72. The van der Waals surface area contributed by atoms with E-state index in [1.807, 2.05) is 49.4 Å².